The lowest BCUT2D eigenvalue weighted by atomic mass is 9.92. The Kier molecular flexibility index (Phi) is 3.74. The molecule has 1 rings (SSSR count). The van der Waals surface area contributed by atoms with Gasteiger partial charge in [0.05, 0.1) is 6.20 Å². The predicted octanol–water partition coefficient (Wildman–Crippen LogP) is 2.78. The number of rotatable bonds is 2. The van der Waals surface area contributed by atoms with E-state index < -0.39 is 0 Å². The maximum absolute atomic E-state index is 5.38. The molecule has 1 heterocycles. The molecule has 0 fully saturated rings. The first kappa shape index (κ1) is 11.6. The molecule has 0 aliphatic rings. The molecule has 0 aliphatic heterocycles. The summed E-state index contributed by atoms with van der Waals surface area (Å²) in [5, 5.41) is 0. The Balaban J connectivity index is 2.67. The maximum atomic E-state index is 5.38. The Hall–Kier alpha value is -1.49. The van der Waals surface area contributed by atoms with Crippen LogP contribution in [0.2, 0.25) is 0 Å². The van der Waals surface area contributed by atoms with Crippen molar-refractivity contribution >= 4 is 0 Å². The molecule has 80 valence electrons. The Morgan fingerprint density at radius 3 is 2.53 bits per heavy atom. The molecule has 0 unspecified atom stereocenters. The van der Waals surface area contributed by atoms with Crippen LogP contribution in [0, 0.1) is 11.8 Å². The fraction of sp³-hybridized carbons (Fsp3) is 0.462. The fourth-order valence-electron chi connectivity index (χ4n) is 1.10. The third kappa shape index (κ3) is 3.63. The molecule has 1 aromatic heterocycles. The lowest BCUT2D eigenvalue weighted by Gasteiger charge is -2.17. The van der Waals surface area contributed by atoms with Gasteiger partial charge in [0.2, 0.25) is 0 Å². The van der Waals surface area contributed by atoms with E-state index in [1.807, 2.05) is 12.1 Å². The van der Waals surface area contributed by atoms with E-state index in [0.29, 0.717) is 6.61 Å². The first-order chi connectivity index (χ1) is 7.04. The third-order valence-corrected chi connectivity index (χ3v) is 1.99. The van der Waals surface area contributed by atoms with E-state index in [-0.39, 0.29) is 5.41 Å². The summed E-state index contributed by atoms with van der Waals surface area (Å²) >= 11 is 0. The van der Waals surface area contributed by atoms with Gasteiger partial charge in [-0.3, -0.25) is 4.98 Å². The van der Waals surface area contributed by atoms with Crippen LogP contribution in [0.15, 0.2) is 18.3 Å². The van der Waals surface area contributed by atoms with Crippen molar-refractivity contribution in [1.82, 2.24) is 4.98 Å². The van der Waals surface area contributed by atoms with Crippen LogP contribution >= 0.6 is 0 Å². The smallest absolute Gasteiger partial charge is 0.149 e. The molecular formula is C13H17NO. The summed E-state index contributed by atoms with van der Waals surface area (Å²) in [6, 6.07) is 3.93. The highest BCUT2D eigenvalue weighted by atomic mass is 16.5. The van der Waals surface area contributed by atoms with Gasteiger partial charge in [-0.15, -0.1) is 5.92 Å². The molecule has 2 nitrogen and oxygen atoms in total. The number of ether oxygens (including phenoxy) is 1. The van der Waals surface area contributed by atoms with Crippen LogP contribution in [0.1, 0.15) is 33.4 Å². The number of pyridine rings is 1. The van der Waals surface area contributed by atoms with Gasteiger partial charge >= 0.3 is 0 Å². The molecule has 0 aromatic carbocycles. The molecule has 2 heteroatoms. The van der Waals surface area contributed by atoms with E-state index in [4.69, 9.17) is 4.74 Å². The van der Waals surface area contributed by atoms with Gasteiger partial charge in [-0.1, -0.05) is 26.7 Å². The molecule has 1 aromatic rings. The molecule has 15 heavy (non-hydrogen) atoms. The lowest BCUT2D eigenvalue weighted by molar-refractivity contribution is 0.367. The van der Waals surface area contributed by atoms with Crippen LogP contribution in [0.25, 0.3) is 0 Å². The highest BCUT2D eigenvalue weighted by Crippen LogP contribution is 2.21. The average molecular weight is 203 g/mol. The zero-order chi connectivity index (χ0) is 11.3. The predicted molar refractivity (Wildman–Crippen MR) is 61.9 cm³/mol. The van der Waals surface area contributed by atoms with Crippen molar-refractivity contribution in [3.63, 3.8) is 0 Å². The first-order valence-corrected chi connectivity index (χ1v) is 5.03. The van der Waals surface area contributed by atoms with E-state index >= 15 is 0 Å². The van der Waals surface area contributed by atoms with Crippen molar-refractivity contribution < 1.29 is 4.74 Å². The summed E-state index contributed by atoms with van der Waals surface area (Å²) in [4.78, 5) is 4.36. The number of aromatic nitrogens is 1. The Morgan fingerprint density at radius 2 is 2.07 bits per heavy atom. The lowest BCUT2D eigenvalue weighted by Crippen LogP contribution is -2.13. The van der Waals surface area contributed by atoms with Crippen LogP contribution in [-0.4, -0.2) is 11.6 Å². The number of nitrogens with zero attached hydrogens (tertiary/aromatic N) is 1. The first-order valence-electron chi connectivity index (χ1n) is 5.03. The zero-order valence-electron chi connectivity index (χ0n) is 9.79. The van der Waals surface area contributed by atoms with Crippen LogP contribution in [0.4, 0.5) is 0 Å². The van der Waals surface area contributed by atoms with Gasteiger partial charge in [0.15, 0.2) is 0 Å². The SMILES string of the molecule is CC#CCOc1ccc(C(C)(C)C)nc1. The summed E-state index contributed by atoms with van der Waals surface area (Å²) in [6.45, 7) is 8.63. The van der Waals surface area contributed by atoms with Crippen molar-refractivity contribution in [2.24, 2.45) is 0 Å². The minimum Gasteiger partial charge on any atom is -0.479 e. The summed E-state index contributed by atoms with van der Waals surface area (Å²) in [5.74, 6) is 6.39. The molecule has 0 spiro atoms. The summed E-state index contributed by atoms with van der Waals surface area (Å²) in [6.07, 6.45) is 1.75. The molecule has 0 atom stereocenters. The maximum Gasteiger partial charge on any atom is 0.149 e. The van der Waals surface area contributed by atoms with Gasteiger partial charge in [-0.05, 0) is 19.1 Å². The standard InChI is InChI=1S/C13H17NO/c1-5-6-9-15-11-7-8-12(14-10-11)13(2,3)4/h7-8,10H,9H2,1-4H3. The summed E-state index contributed by atoms with van der Waals surface area (Å²) in [7, 11) is 0. The molecule has 0 saturated carbocycles. The van der Waals surface area contributed by atoms with Gasteiger partial charge in [0.1, 0.15) is 12.4 Å². The normalized spacial score (nSPS) is 10.4. The second-order valence-electron chi connectivity index (χ2n) is 4.34. The van der Waals surface area contributed by atoms with Gasteiger partial charge in [0.25, 0.3) is 0 Å². The highest BCUT2D eigenvalue weighted by molar-refractivity contribution is 5.23. The van der Waals surface area contributed by atoms with Crippen molar-refractivity contribution in [2.45, 2.75) is 33.1 Å². The van der Waals surface area contributed by atoms with Gasteiger partial charge in [-0.2, -0.15) is 0 Å². The van der Waals surface area contributed by atoms with Crippen LogP contribution in [0.5, 0.6) is 5.75 Å². The van der Waals surface area contributed by atoms with Crippen molar-refractivity contribution in [3.8, 4) is 17.6 Å². The summed E-state index contributed by atoms with van der Waals surface area (Å²) in [5.41, 5.74) is 1.15. The third-order valence-electron chi connectivity index (χ3n) is 1.99. The minimum absolute atomic E-state index is 0.0851. The molecule has 0 N–H and O–H groups in total. The van der Waals surface area contributed by atoms with Crippen LogP contribution < -0.4 is 4.74 Å². The molecule has 0 radical (unpaired) electrons. The number of hydrogen-bond acceptors (Lipinski definition) is 2. The van der Waals surface area contributed by atoms with Gasteiger partial charge in [0, 0.05) is 11.1 Å². The second-order valence-corrected chi connectivity index (χ2v) is 4.34. The number of hydrogen-bond donors (Lipinski definition) is 0. The quantitative estimate of drug-likeness (QED) is 0.689. The zero-order valence-corrected chi connectivity index (χ0v) is 9.79. The largest absolute Gasteiger partial charge is 0.479 e. The van der Waals surface area contributed by atoms with E-state index in [9.17, 15) is 0 Å². The average Bonchev–Trinajstić information content (AvgIpc) is 2.18. The van der Waals surface area contributed by atoms with E-state index in [1.54, 1.807) is 13.1 Å². The summed E-state index contributed by atoms with van der Waals surface area (Å²) < 4.78 is 5.38. The van der Waals surface area contributed by atoms with E-state index in [0.717, 1.165) is 11.4 Å². The molecule has 0 amide bonds. The van der Waals surface area contributed by atoms with E-state index in [1.165, 1.54) is 0 Å². The monoisotopic (exact) mass is 203 g/mol. The topological polar surface area (TPSA) is 22.1 Å². The van der Waals surface area contributed by atoms with Crippen molar-refractivity contribution in [1.29, 1.82) is 0 Å². The molecular weight excluding hydrogens is 186 g/mol. The fourth-order valence-corrected chi connectivity index (χ4v) is 1.10. The Bertz CT molecular complexity index is 362. The minimum atomic E-state index is 0.0851. The van der Waals surface area contributed by atoms with E-state index in [2.05, 4.69) is 37.6 Å². The molecule has 0 saturated heterocycles. The second kappa shape index (κ2) is 4.84. The Labute approximate surface area is 91.7 Å². The Morgan fingerprint density at radius 1 is 1.33 bits per heavy atom. The van der Waals surface area contributed by atoms with Crippen LogP contribution in [0.3, 0.4) is 0 Å². The van der Waals surface area contributed by atoms with Crippen molar-refractivity contribution in [3.05, 3.63) is 24.0 Å². The molecule has 0 aliphatic carbocycles. The van der Waals surface area contributed by atoms with Crippen LogP contribution in [-0.2, 0) is 5.41 Å². The highest BCUT2D eigenvalue weighted by Gasteiger charge is 2.14. The van der Waals surface area contributed by atoms with Gasteiger partial charge in [-0.25, -0.2) is 0 Å². The van der Waals surface area contributed by atoms with Gasteiger partial charge < -0.3 is 4.74 Å². The van der Waals surface area contributed by atoms with Crippen molar-refractivity contribution in [2.75, 3.05) is 6.61 Å². The molecule has 0 bridgehead atoms.